The number of hydrogen-bond donors (Lipinski definition) is 2. The molecule has 4 heterocycles. The highest BCUT2D eigenvalue weighted by molar-refractivity contribution is 9.11. The highest BCUT2D eigenvalue weighted by Crippen LogP contribution is 2.16. The standard InChI is InChI=1S/C9H10BrNO3.C8H7BrN2O.C6H6BrNO2/c1-6(12)4-11-5-7(10)3-8(11)9(13)14-2;1-5-3-11-4-6(9)2-7(11)8(12)10-5;1-10-6(9)5-2-4(7)3-8-5/h3,5H,4H2,1-2H3;2-4H,1H3,(H,10,12);2-3,8H,1H3. The summed E-state index contributed by atoms with van der Waals surface area (Å²) >= 11 is 9.73. The number of hydrogen-bond acceptors (Lipinski definition) is 6. The molecule has 13 heteroatoms. The van der Waals surface area contributed by atoms with Crippen LogP contribution in [-0.4, -0.2) is 50.9 Å². The number of ketones is 1. The first-order chi connectivity index (χ1) is 16.9. The van der Waals surface area contributed by atoms with Crippen LogP contribution in [-0.2, 0) is 20.8 Å². The van der Waals surface area contributed by atoms with Crippen molar-refractivity contribution in [1.82, 2.24) is 18.9 Å². The molecule has 0 radical (unpaired) electrons. The largest absolute Gasteiger partial charge is 0.464 e. The zero-order chi connectivity index (χ0) is 27.0. The monoisotopic (exact) mass is 688 g/mol. The highest BCUT2D eigenvalue weighted by atomic mass is 79.9. The number of rotatable bonds is 4. The first-order valence-corrected chi connectivity index (χ1v) is 12.6. The van der Waals surface area contributed by atoms with E-state index in [2.05, 4.69) is 67.2 Å². The zero-order valence-corrected chi connectivity index (χ0v) is 24.5. The van der Waals surface area contributed by atoms with Crippen LogP contribution < -0.4 is 5.56 Å². The van der Waals surface area contributed by atoms with Gasteiger partial charge in [0, 0.05) is 43.9 Å². The lowest BCUT2D eigenvalue weighted by Gasteiger charge is -2.04. The topological polar surface area (TPSA) is 128 Å². The average molecular weight is 691 g/mol. The third-order valence-corrected chi connectivity index (χ3v) is 5.72. The second kappa shape index (κ2) is 13.4. The minimum atomic E-state index is -0.447. The van der Waals surface area contributed by atoms with Crippen molar-refractivity contribution in [3.63, 3.8) is 0 Å². The second-order valence-electron chi connectivity index (χ2n) is 7.31. The number of aromatic nitrogens is 4. The fraction of sp³-hybridized carbons (Fsp3) is 0.217. The molecule has 0 aliphatic carbocycles. The van der Waals surface area contributed by atoms with Crippen LogP contribution in [0.2, 0.25) is 0 Å². The number of aryl methyl sites for hydroxylation is 1. The second-order valence-corrected chi connectivity index (χ2v) is 10.1. The van der Waals surface area contributed by atoms with Crippen molar-refractivity contribution in [3.8, 4) is 0 Å². The number of fused-ring (bicyclic) bond motifs is 1. The van der Waals surface area contributed by atoms with Gasteiger partial charge in [-0.2, -0.15) is 0 Å². The van der Waals surface area contributed by atoms with E-state index < -0.39 is 5.97 Å². The molecule has 0 amide bonds. The summed E-state index contributed by atoms with van der Waals surface area (Å²) in [4.78, 5) is 49.7. The number of H-pyrrole nitrogens is 2. The average Bonchev–Trinajstić information content (AvgIpc) is 3.51. The first-order valence-electron chi connectivity index (χ1n) is 10.2. The fourth-order valence-corrected chi connectivity index (χ4v) is 4.18. The summed E-state index contributed by atoms with van der Waals surface area (Å²) < 4.78 is 14.9. The number of Topliss-reactive ketones (excluding diaryl/α,β-unsaturated/α-hetero) is 1. The Morgan fingerprint density at radius 3 is 2.11 bits per heavy atom. The Kier molecular flexibility index (Phi) is 10.9. The molecule has 10 nitrogen and oxygen atoms in total. The van der Waals surface area contributed by atoms with E-state index in [-0.39, 0.29) is 23.9 Å². The first kappa shape index (κ1) is 29.3. The lowest BCUT2D eigenvalue weighted by molar-refractivity contribution is -0.117. The summed E-state index contributed by atoms with van der Waals surface area (Å²) in [6, 6.07) is 5.07. The maximum atomic E-state index is 11.3. The molecule has 4 aromatic rings. The molecule has 0 bridgehead atoms. The molecule has 0 saturated carbocycles. The van der Waals surface area contributed by atoms with E-state index in [1.165, 1.54) is 21.1 Å². The van der Waals surface area contributed by atoms with E-state index in [0.717, 1.165) is 19.1 Å². The summed E-state index contributed by atoms with van der Waals surface area (Å²) in [5.74, 6) is -0.819. The highest BCUT2D eigenvalue weighted by Gasteiger charge is 2.14. The lowest BCUT2D eigenvalue weighted by Crippen LogP contribution is -2.13. The predicted octanol–water partition coefficient (Wildman–Crippen LogP) is 4.89. The van der Waals surface area contributed by atoms with Crippen molar-refractivity contribution >= 4 is 71.0 Å². The van der Waals surface area contributed by atoms with Gasteiger partial charge in [-0.3, -0.25) is 9.59 Å². The van der Waals surface area contributed by atoms with Crippen molar-refractivity contribution in [1.29, 1.82) is 0 Å². The number of halogens is 3. The molecule has 0 fully saturated rings. The van der Waals surface area contributed by atoms with Gasteiger partial charge >= 0.3 is 11.9 Å². The number of nitrogens with one attached hydrogen (secondary N) is 2. The van der Waals surface area contributed by atoms with Gasteiger partial charge in [0.25, 0.3) is 5.56 Å². The summed E-state index contributed by atoms with van der Waals surface area (Å²) in [5.41, 5.74) is 2.28. The SMILES string of the molecule is COC(=O)c1cc(Br)c[nH]1.COC(=O)c1cc(Br)cn1CC(C)=O.Cc1cn2cc(Br)cc2c(=O)[nH]1. The Balaban J connectivity index is 0.000000193. The molecule has 192 valence electrons. The number of esters is 2. The fourth-order valence-electron chi connectivity index (χ4n) is 2.93. The van der Waals surface area contributed by atoms with Crippen molar-refractivity contribution in [2.75, 3.05) is 14.2 Å². The normalized spacial score (nSPS) is 10.1. The van der Waals surface area contributed by atoms with Gasteiger partial charge in [0.1, 0.15) is 22.7 Å². The number of methoxy groups -OCH3 is 2. The minimum absolute atomic E-state index is 0.0155. The van der Waals surface area contributed by atoms with Crippen molar-refractivity contribution < 1.29 is 23.9 Å². The molecule has 4 aromatic heterocycles. The number of ether oxygens (including phenoxy) is 2. The van der Waals surface area contributed by atoms with Crippen molar-refractivity contribution in [2.45, 2.75) is 20.4 Å². The van der Waals surface area contributed by atoms with Crippen LogP contribution in [0, 0.1) is 6.92 Å². The third kappa shape index (κ3) is 8.35. The van der Waals surface area contributed by atoms with Gasteiger partial charge in [-0.1, -0.05) is 0 Å². The summed E-state index contributed by atoms with van der Waals surface area (Å²) in [6.45, 7) is 3.50. The Labute approximate surface area is 231 Å². The molecule has 0 spiro atoms. The molecule has 0 atom stereocenters. The summed E-state index contributed by atoms with van der Waals surface area (Å²) in [5, 5.41) is 0. The summed E-state index contributed by atoms with van der Waals surface area (Å²) in [6.07, 6.45) is 7.08. The van der Waals surface area contributed by atoms with E-state index in [1.807, 2.05) is 19.3 Å². The third-order valence-electron chi connectivity index (χ3n) is 4.40. The van der Waals surface area contributed by atoms with E-state index >= 15 is 0 Å². The van der Waals surface area contributed by atoms with Crippen LogP contribution in [0.1, 0.15) is 33.6 Å². The Bertz CT molecular complexity index is 1430. The van der Waals surface area contributed by atoms with E-state index in [4.69, 9.17) is 0 Å². The van der Waals surface area contributed by atoms with Crippen LogP contribution in [0.25, 0.3) is 5.52 Å². The smallest absolute Gasteiger partial charge is 0.354 e. The molecule has 0 saturated heterocycles. The Morgan fingerprint density at radius 2 is 1.56 bits per heavy atom. The molecule has 0 aliphatic rings. The van der Waals surface area contributed by atoms with Gasteiger partial charge in [-0.25, -0.2) is 9.59 Å². The van der Waals surface area contributed by atoms with Gasteiger partial charge in [-0.15, -0.1) is 0 Å². The molecule has 0 aromatic carbocycles. The molecule has 0 aliphatic heterocycles. The number of nitrogens with zero attached hydrogens (tertiary/aromatic N) is 2. The Morgan fingerprint density at radius 1 is 0.917 bits per heavy atom. The van der Waals surface area contributed by atoms with Crippen molar-refractivity contribution in [2.24, 2.45) is 0 Å². The maximum Gasteiger partial charge on any atom is 0.354 e. The molecule has 0 unspecified atom stereocenters. The quantitative estimate of drug-likeness (QED) is 0.294. The predicted molar refractivity (Wildman–Crippen MR) is 144 cm³/mol. The molecule has 4 rings (SSSR count). The lowest BCUT2D eigenvalue weighted by atomic mass is 10.4. The van der Waals surface area contributed by atoms with Gasteiger partial charge in [0.15, 0.2) is 0 Å². The van der Waals surface area contributed by atoms with Gasteiger partial charge < -0.3 is 28.4 Å². The van der Waals surface area contributed by atoms with Gasteiger partial charge in [-0.05, 0) is 79.8 Å². The van der Waals surface area contributed by atoms with Gasteiger partial charge in [0.05, 0.1) is 20.8 Å². The van der Waals surface area contributed by atoms with E-state index in [9.17, 15) is 19.2 Å². The number of carbonyl (C=O) groups excluding carboxylic acids is 3. The van der Waals surface area contributed by atoms with E-state index in [0.29, 0.717) is 16.9 Å². The minimum Gasteiger partial charge on any atom is -0.464 e. The number of carbonyl (C=O) groups is 3. The molecule has 36 heavy (non-hydrogen) atoms. The van der Waals surface area contributed by atoms with E-state index in [1.54, 1.807) is 39.6 Å². The van der Waals surface area contributed by atoms with Crippen LogP contribution in [0.15, 0.2) is 61.2 Å². The van der Waals surface area contributed by atoms with Crippen molar-refractivity contribution in [3.05, 3.63) is 83.8 Å². The maximum absolute atomic E-state index is 11.3. The molecular weight excluding hydrogens is 668 g/mol. The van der Waals surface area contributed by atoms with Gasteiger partial charge in [0.2, 0.25) is 0 Å². The van der Waals surface area contributed by atoms with Crippen LogP contribution in [0.4, 0.5) is 0 Å². The van der Waals surface area contributed by atoms with Crippen LogP contribution >= 0.6 is 47.8 Å². The Hall–Kier alpha value is -2.90. The molecule has 2 N–H and O–H groups in total. The van der Waals surface area contributed by atoms with Crippen LogP contribution in [0.3, 0.4) is 0 Å². The number of aromatic amines is 2. The summed E-state index contributed by atoms with van der Waals surface area (Å²) in [7, 11) is 2.65. The van der Waals surface area contributed by atoms with Crippen LogP contribution in [0.5, 0.6) is 0 Å². The zero-order valence-electron chi connectivity index (χ0n) is 19.7. The molecular formula is C23H23Br3N4O6.